The van der Waals surface area contributed by atoms with E-state index >= 15 is 0 Å². The van der Waals surface area contributed by atoms with Crippen molar-refractivity contribution < 1.29 is 9.59 Å². The standard InChI is InChI=1S/C20H25ClN2O2S/c1-6-7-23-18(24)17(26-19(23)25)9-13-8-14-12(2)11-20(3,4)22(5)16(14)10-15(13)21/h8-10,12H,6-7,11H2,1-5H3/b17-9-/t12-/m0/s1. The largest absolute Gasteiger partial charge is 0.369 e. The number of hydrogen-bond donors (Lipinski definition) is 0. The number of halogens is 1. The fraction of sp³-hybridized carbons (Fsp3) is 0.500. The van der Waals surface area contributed by atoms with Gasteiger partial charge >= 0.3 is 0 Å². The highest BCUT2D eigenvalue weighted by atomic mass is 35.5. The number of amides is 2. The second-order valence-corrected chi connectivity index (χ2v) is 9.14. The van der Waals surface area contributed by atoms with Crippen LogP contribution in [0.1, 0.15) is 57.6 Å². The number of thioether (sulfide) groups is 1. The number of carbonyl (C=O) groups excluding carboxylic acids is 2. The van der Waals surface area contributed by atoms with Crippen LogP contribution in [0.4, 0.5) is 10.5 Å². The quantitative estimate of drug-likeness (QED) is 0.636. The molecule has 1 aromatic rings. The first-order valence-corrected chi connectivity index (χ1v) is 10.2. The SMILES string of the molecule is CCCN1C(=O)S/C(=C\c2cc3c(cc2Cl)N(C)C(C)(C)C[C@@H]3C)C1=O. The van der Waals surface area contributed by atoms with Crippen LogP contribution in [0, 0.1) is 0 Å². The van der Waals surface area contributed by atoms with E-state index in [0.717, 1.165) is 35.9 Å². The van der Waals surface area contributed by atoms with Crippen molar-refractivity contribution in [2.75, 3.05) is 18.5 Å². The zero-order valence-electron chi connectivity index (χ0n) is 15.9. The molecule has 1 aromatic carbocycles. The minimum atomic E-state index is -0.220. The third kappa shape index (κ3) is 3.27. The van der Waals surface area contributed by atoms with Crippen molar-refractivity contribution in [1.82, 2.24) is 4.90 Å². The number of hydrogen-bond acceptors (Lipinski definition) is 4. The molecule has 0 unspecified atom stereocenters. The van der Waals surface area contributed by atoms with Gasteiger partial charge in [-0.25, -0.2) is 0 Å². The first-order valence-electron chi connectivity index (χ1n) is 8.98. The average molecular weight is 393 g/mol. The zero-order valence-corrected chi connectivity index (χ0v) is 17.5. The van der Waals surface area contributed by atoms with Crippen molar-refractivity contribution in [3.05, 3.63) is 33.2 Å². The lowest BCUT2D eigenvalue weighted by Crippen LogP contribution is -2.45. The molecule has 0 bridgehead atoms. The molecule has 4 nitrogen and oxygen atoms in total. The summed E-state index contributed by atoms with van der Waals surface area (Å²) in [6, 6.07) is 4.05. The van der Waals surface area contributed by atoms with E-state index < -0.39 is 0 Å². The highest BCUT2D eigenvalue weighted by Gasteiger charge is 2.36. The highest BCUT2D eigenvalue weighted by Crippen LogP contribution is 2.45. The van der Waals surface area contributed by atoms with Crippen molar-refractivity contribution in [2.45, 2.75) is 52.0 Å². The van der Waals surface area contributed by atoms with E-state index in [1.54, 1.807) is 6.08 Å². The third-order valence-corrected chi connectivity index (χ3v) is 6.59. The van der Waals surface area contributed by atoms with E-state index in [2.05, 4.69) is 38.8 Å². The Morgan fingerprint density at radius 1 is 1.35 bits per heavy atom. The maximum Gasteiger partial charge on any atom is 0.293 e. The molecule has 6 heteroatoms. The number of benzene rings is 1. The van der Waals surface area contributed by atoms with Gasteiger partial charge in [0.25, 0.3) is 11.1 Å². The second-order valence-electron chi connectivity index (χ2n) is 7.74. The first kappa shape index (κ1) is 19.3. The lowest BCUT2D eigenvalue weighted by Gasteiger charge is -2.45. The number of carbonyl (C=O) groups is 2. The summed E-state index contributed by atoms with van der Waals surface area (Å²) in [5.74, 6) is 0.178. The Balaban J connectivity index is 2.00. The summed E-state index contributed by atoms with van der Waals surface area (Å²) in [4.78, 5) is 28.5. The van der Waals surface area contributed by atoms with Crippen molar-refractivity contribution in [3.63, 3.8) is 0 Å². The van der Waals surface area contributed by atoms with Gasteiger partial charge in [0, 0.05) is 29.8 Å². The van der Waals surface area contributed by atoms with Gasteiger partial charge < -0.3 is 4.90 Å². The minimum Gasteiger partial charge on any atom is -0.369 e. The zero-order chi connectivity index (χ0) is 19.2. The van der Waals surface area contributed by atoms with Gasteiger partial charge in [0.05, 0.1) is 4.91 Å². The molecule has 140 valence electrons. The Kier molecular flexibility index (Phi) is 5.15. The Morgan fingerprint density at radius 2 is 2.04 bits per heavy atom. The predicted octanol–water partition coefficient (Wildman–Crippen LogP) is 5.51. The summed E-state index contributed by atoms with van der Waals surface area (Å²) in [5, 5.41) is 0.398. The molecule has 0 spiro atoms. The summed E-state index contributed by atoms with van der Waals surface area (Å²) in [6.07, 6.45) is 3.56. The van der Waals surface area contributed by atoms with E-state index in [0.29, 0.717) is 22.4 Å². The molecule has 0 aromatic heterocycles. The van der Waals surface area contributed by atoms with Gasteiger partial charge in [-0.3, -0.25) is 14.5 Å². The molecule has 2 aliphatic heterocycles. The maximum absolute atomic E-state index is 12.5. The Morgan fingerprint density at radius 3 is 2.69 bits per heavy atom. The fourth-order valence-electron chi connectivity index (χ4n) is 3.77. The number of fused-ring (bicyclic) bond motifs is 1. The van der Waals surface area contributed by atoms with Crippen LogP contribution in [0.5, 0.6) is 0 Å². The summed E-state index contributed by atoms with van der Waals surface area (Å²) < 4.78 is 0. The normalized spacial score (nSPS) is 23.8. The first-order chi connectivity index (χ1) is 12.2. The molecule has 1 fully saturated rings. The molecule has 2 aliphatic rings. The molecule has 26 heavy (non-hydrogen) atoms. The van der Waals surface area contributed by atoms with Gasteiger partial charge in [0.2, 0.25) is 0 Å². The Bertz CT molecular complexity index is 803. The molecule has 0 aliphatic carbocycles. The van der Waals surface area contributed by atoms with Gasteiger partial charge in [-0.1, -0.05) is 25.4 Å². The van der Waals surface area contributed by atoms with Gasteiger partial charge in [-0.05, 0) is 73.7 Å². The summed E-state index contributed by atoms with van der Waals surface area (Å²) in [6.45, 7) is 9.10. The van der Waals surface area contributed by atoms with Gasteiger partial charge in [0.1, 0.15) is 0 Å². The van der Waals surface area contributed by atoms with Crippen molar-refractivity contribution in [3.8, 4) is 0 Å². The number of rotatable bonds is 3. The molecule has 3 rings (SSSR count). The molecule has 1 atom stereocenters. The smallest absolute Gasteiger partial charge is 0.293 e. The van der Waals surface area contributed by atoms with E-state index in [1.807, 2.05) is 13.0 Å². The lowest BCUT2D eigenvalue weighted by atomic mass is 9.80. The van der Waals surface area contributed by atoms with Crippen molar-refractivity contribution in [2.24, 2.45) is 0 Å². The van der Waals surface area contributed by atoms with Crippen molar-refractivity contribution >= 4 is 46.3 Å². The molecule has 0 saturated carbocycles. The molecule has 0 N–H and O–H groups in total. The van der Waals surface area contributed by atoms with Crippen molar-refractivity contribution in [1.29, 1.82) is 0 Å². The number of imide groups is 1. The van der Waals surface area contributed by atoms with Crippen LogP contribution in [0.15, 0.2) is 17.0 Å². The third-order valence-electron chi connectivity index (χ3n) is 5.36. The van der Waals surface area contributed by atoms with Crippen LogP contribution in [-0.4, -0.2) is 35.2 Å². The van der Waals surface area contributed by atoms with E-state index in [4.69, 9.17) is 11.6 Å². The van der Waals surface area contributed by atoms with Crippen LogP contribution >= 0.6 is 23.4 Å². The second kappa shape index (κ2) is 6.93. The van der Waals surface area contributed by atoms with Gasteiger partial charge in [0.15, 0.2) is 0 Å². The highest BCUT2D eigenvalue weighted by molar-refractivity contribution is 8.18. The Hall–Kier alpha value is -1.46. The molecule has 0 radical (unpaired) electrons. The Labute approximate surface area is 164 Å². The molecular formula is C20H25ClN2O2S. The minimum absolute atomic E-state index is 0.0695. The van der Waals surface area contributed by atoms with Crippen LogP contribution in [0.25, 0.3) is 6.08 Å². The van der Waals surface area contributed by atoms with E-state index in [1.165, 1.54) is 10.5 Å². The maximum atomic E-state index is 12.5. The molecule has 2 heterocycles. The van der Waals surface area contributed by atoms with Crippen LogP contribution in [-0.2, 0) is 4.79 Å². The lowest BCUT2D eigenvalue weighted by molar-refractivity contribution is -0.122. The van der Waals surface area contributed by atoms with Crippen LogP contribution < -0.4 is 4.90 Å². The summed E-state index contributed by atoms with van der Waals surface area (Å²) in [7, 11) is 2.09. The van der Waals surface area contributed by atoms with Crippen LogP contribution in [0.3, 0.4) is 0 Å². The number of anilines is 1. The summed E-state index contributed by atoms with van der Waals surface area (Å²) in [5.41, 5.74) is 3.23. The number of nitrogens with zero attached hydrogens (tertiary/aromatic N) is 2. The molecule has 1 saturated heterocycles. The van der Waals surface area contributed by atoms with E-state index in [9.17, 15) is 9.59 Å². The topological polar surface area (TPSA) is 40.6 Å². The van der Waals surface area contributed by atoms with Gasteiger partial charge in [-0.2, -0.15) is 0 Å². The van der Waals surface area contributed by atoms with Gasteiger partial charge in [-0.15, -0.1) is 0 Å². The summed E-state index contributed by atoms with van der Waals surface area (Å²) >= 11 is 7.53. The average Bonchev–Trinajstić information content (AvgIpc) is 2.82. The molecular weight excluding hydrogens is 368 g/mol. The fourth-order valence-corrected chi connectivity index (χ4v) is 4.84. The van der Waals surface area contributed by atoms with E-state index in [-0.39, 0.29) is 16.7 Å². The monoisotopic (exact) mass is 392 g/mol. The predicted molar refractivity (Wildman–Crippen MR) is 110 cm³/mol. The molecule has 2 amide bonds. The van der Waals surface area contributed by atoms with Crippen LogP contribution in [0.2, 0.25) is 5.02 Å².